The third-order valence-corrected chi connectivity index (χ3v) is 7.66. The Morgan fingerprint density at radius 1 is 0.939 bits per heavy atom. The van der Waals surface area contributed by atoms with E-state index in [1.165, 1.54) is 8.99 Å². The van der Waals surface area contributed by atoms with Gasteiger partial charge in [-0.15, -0.1) is 0 Å². The number of aromatic nitrogens is 3. The van der Waals surface area contributed by atoms with Gasteiger partial charge in [0.15, 0.2) is 5.82 Å². The van der Waals surface area contributed by atoms with Crippen LogP contribution in [-0.4, -0.2) is 34.8 Å². The fourth-order valence-electron chi connectivity index (χ4n) is 4.31. The minimum atomic E-state index is -3.84. The fraction of sp³-hybridized carbons (Fsp3) is 0.200. The molecule has 2 aromatic carbocycles. The molecule has 2 aromatic heterocycles. The maximum Gasteiger partial charge on any atom is 0.265 e. The van der Waals surface area contributed by atoms with Gasteiger partial charge >= 0.3 is 0 Å². The molecule has 1 N–H and O–H groups in total. The number of nitrogens with zero attached hydrogens (tertiary/aromatic N) is 4. The molecule has 1 aliphatic heterocycles. The first-order valence-electron chi connectivity index (χ1n) is 10.7. The molecule has 0 amide bonds. The Balaban J connectivity index is 1.66. The molecular formula is C25H24N4O3S. The highest BCUT2D eigenvalue weighted by molar-refractivity contribution is 7.92. The zero-order valence-electron chi connectivity index (χ0n) is 18.6. The zero-order chi connectivity index (χ0) is 23.3. The van der Waals surface area contributed by atoms with E-state index in [2.05, 4.69) is 11.1 Å². The lowest BCUT2D eigenvalue weighted by atomic mass is 10.1. The van der Waals surface area contributed by atoms with Crippen molar-refractivity contribution in [2.24, 2.45) is 0 Å². The van der Waals surface area contributed by atoms with E-state index in [-0.39, 0.29) is 17.3 Å². The maximum atomic E-state index is 13.5. The van der Waals surface area contributed by atoms with E-state index < -0.39 is 10.0 Å². The summed E-state index contributed by atoms with van der Waals surface area (Å²) in [6, 6.07) is 16.3. The van der Waals surface area contributed by atoms with E-state index in [1.54, 1.807) is 42.6 Å². The van der Waals surface area contributed by atoms with Crippen molar-refractivity contribution in [2.45, 2.75) is 32.1 Å². The summed E-state index contributed by atoms with van der Waals surface area (Å²) in [5, 5.41) is 15.8. The molecule has 0 radical (unpaired) electrons. The minimum Gasteiger partial charge on any atom is -0.493 e. The van der Waals surface area contributed by atoms with Gasteiger partial charge in [0.05, 0.1) is 10.6 Å². The molecule has 168 valence electrons. The molecule has 1 aliphatic rings. The first-order valence-corrected chi connectivity index (χ1v) is 12.1. The van der Waals surface area contributed by atoms with Crippen molar-refractivity contribution < 1.29 is 13.5 Å². The molecular weight excluding hydrogens is 436 g/mol. The highest BCUT2D eigenvalue weighted by Gasteiger charge is 2.34. The number of pyridine rings is 1. The summed E-state index contributed by atoms with van der Waals surface area (Å²) in [6.07, 6.45) is 1.87. The van der Waals surface area contributed by atoms with Crippen LogP contribution in [0.1, 0.15) is 22.3 Å². The van der Waals surface area contributed by atoms with Crippen LogP contribution < -0.4 is 4.31 Å². The Kier molecular flexibility index (Phi) is 4.97. The van der Waals surface area contributed by atoms with Gasteiger partial charge in [-0.05, 0) is 74.7 Å². The monoisotopic (exact) mass is 460 g/mol. The number of benzene rings is 2. The van der Waals surface area contributed by atoms with Gasteiger partial charge in [-0.2, -0.15) is 5.10 Å². The summed E-state index contributed by atoms with van der Waals surface area (Å²) in [7, 11) is -3.84. The Morgan fingerprint density at radius 3 is 2.33 bits per heavy atom. The van der Waals surface area contributed by atoms with Crippen LogP contribution in [0.2, 0.25) is 0 Å². The van der Waals surface area contributed by atoms with E-state index >= 15 is 0 Å². The lowest BCUT2D eigenvalue weighted by Gasteiger charge is -2.23. The Bertz CT molecular complexity index is 1450. The number of hydrogen-bond acceptors (Lipinski definition) is 5. The number of aromatic hydroxyl groups is 1. The number of rotatable bonds is 3. The molecule has 0 atom stereocenters. The number of fused-ring (bicyclic) bond motifs is 3. The van der Waals surface area contributed by atoms with Crippen LogP contribution in [0.25, 0.3) is 16.9 Å². The number of anilines is 1. The van der Waals surface area contributed by atoms with Crippen molar-refractivity contribution in [3.05, 3.63) is 83.0 Å². The topological polar surface area (TPSA) is 88.3 Å². The zero-order valence-corrected chi connectivity index (χ0v) is 19.5. The smallest absolute Gasteiger partial charge is 0.265 e. The molecule has 0 aliphatic carbocycles. The van der Waals surface area contributed by atoms with Gasteiger partial charge in [-0.3, -0.25) is 0 Å². The van der Waals surface area contributed by atoms with Gasteiger partial charge in [0.2, 0.25) is 5.88 Å². The molecule has 0 saturated heterocycles. The summed E-state index contributed by atoms with van der Waals surface area (Å²) in [6.45, 7) is 6.04. The lowest BCUT2D eigenvalue weighted by Crippen LogP contribution is -2.33. The molecule has 4 aromatic rings. The molecule has 33 heavy (non-hydrogen) atoms. The van der Waals surface area contributed by atoms with Gasteiger partial charge in [0, 0.05) is 23.9 Å². The number of sulfonamides is 1. The fourth-order valence-corrected chi connectivity index (χ4v) is 5.75. The van der Waals surface area contributed by atoms with Crippen LogP contribution >= 0.6 is 0 Å². The normalized spacial score (nSPS) is 13.4. The standard InChI is InChI=1S/C25H24N4O3S/c1-16-6-8-20(9-7-16)33(31,32)28-12-10-22-23(21-5-4-11-26-24(21)28)27-29(25(22)30)19-14-17(2)13-18(3)15-19/h4-9,11,13-15,30H,10,12H2,1-3H3. The van der Waals surface area contributed by atoms with Crippen LogP contribution in [-0.2, 0) is 16.4 Å². The van der Waals surface area contributed by atoms with Gasteiger partial charge in [0.1, 0.15) is 5.69 Å². The summed E-state index contributed by atoms with van der Waals surface area (Å²) in [4.78, 5) is 4.63. The van der Waals surface area contributed by atoms with Crippen molar-refractivity contribution in [2.75, 3.05) is 10.8 Å². The largest absolute Gasteiger partial charge is 0.493 e. The van der Waals surface area contributed by atoms with E-state index in [0.717, 1.165) is 22.4 Å². The van der Waals surface area contributed by atoms with Crippen molar-refractivity contribution in [1.29, 1.82) is 0 Å². The van der Waals surface area contributed by atoms with Crippen LogP contribution in [0.3, 0.4) is 0 Å². The summed E-state index contributed by atoms with van der Waals surface area (Å²) >= 11 is 0. The average Bonchev–Trinajstić information content (AvgIpc) is 3.00. The van der Waals surface area contributed by atoms with Crippen molar-refractivity contribution >= 4 is 15.8 Å². The SMILES string of the molecule is Cc1ccc(S(=O)(=O)N2CCc3c(nn(-c4cc(C)cc(C)c4)c3O)-c3cccnc32)cc1. The molecule has 8 heteroatoms. The van der Waals surface area contributed by atoms with Gasteiger partial charge in [-0.25, -0.2) is 22.4 Å². The predicted octanol–water partition coefficient (Wildman–Crippen LogP) is 4.32. The quantitative estimate of drug-likeness (QED) is 0.492. The van der Waals surface area contributed by atoms with Crippen molar-refractivity contribution in [3.63, 3.8) is 0 Å². The summed E-state index contributed by atoms with van der Waals surface area (Å²) < 4.78 is 29.9. The second-order valence-corrected chi connectivity index (χ2v) is 10.3. The van der Waals surface area contributed by atoms with Crippen molar-refractivity contribution in [1.82, 2.24) is 14.8 Å². The average molecular weight is 461 g/mol. The van der Waals surface area contributed by atoms with Gasteiger partial charge < -0.3 is 5.11 Å². The molecule has 0 unspecified atom stereocenters. The van der Waals surface area contributed by atoms with Crippen LogP contribution in [0.4, 0.5) is 5.82 Å². The Morgan fingerprint density at radius 2 is 1.64 bits per heavy atom. The molecule has 0 spiro atoms. The van der Waals surface area contributed by atoms with E-state index in [4.69, 9.17) is 5.10 Å². The van der Waals surface area contributed by atoms with Gasteiger partial charge in [0.25, 0.3) is 10.0 Å². The van der Waals surface area contributed by atoms with Crippen LogP contribution in [0, 0.1) is 20.8 Å². The first-order chi connectivity index (χ1) is 15.8. The second-order valence-electron chi connectivity index (χ2n) is 8.42. The summed E-state index contributed by atoms with van der Waals surface area (Å²) in [5.41, 5.74) is 5.57. The lowest BCUT2D eigenvalue weighted by molar-refractivity contribution is 0.428. The molecule has 0 saturated carbocycles. The van der Waals surface area contributed by atoms with E-state index in [9.17, 15) is 13.5 Å². The second kappa shape index (κ2) is 7.74. The van der Waals surface area contributed by atoms with Crippen molar-refractivity contribution in [3.8, 4) is 22.8 Å². The Labute approximate surface area is 193 Å². The van der Waals surface area contributed by atoms with Crippen LogP contribution in [0.5, 0.6) is 5.88 Å². The molecule has 5 rings (SSSR count). The molecule has 0 fully saturated rings. The van der Waals surface area contributed by atoms with Gasteiger partial charge in [-0.1, -0.05) is 23.8 Å². The highest BCUT2D eigenvalue weighted by atomic mass is 32.2. The number of hydrogen-bond donors (Lipinski definition) is 1. The molecule has 0 bridgehead atoms. The van der Waals surface area contributed by atoms with E-state index in [0.29, 0.717) is 29.1 Å². The third kappa shape index (κ3) is 3.56. The summed E-state index contributed by atoms with van der Waals surface area (Å²) in [5.74, 6) is 0.321. The maximum absolute atomic E-state index is 13.5. The highest BCUT2D eigenvalue weighted by Crippen LogP contribution is 2.40. The Hall–Kier alpha value is -3.65. The van der Waals surface area contributed by atoms with Crippen LogP contribution in [0.15, 0.2) is 65.7 Å². The minimum absolute atomic E-state index is 0.0133. The predicted molar refractivity (Wildman–Crippen MR) is 127 cm³/mol. The molecule has 7 nitrogen and oxygen atoms in total. The first kappa shape index (κ1) is 21.2. The third-order valence-electron chi connectivity index (χ3n) is 5.86. The number of aryl methyl sites for hydroxylation is 3. The van der Waals surface area contributed by atoms with E-state index in [1.807, 2.05) is 32.9 Å². The molecule has 3 heterocycles.